The molecular formula is C12H26O4. The van der Waals surface area contributed by atoms with Crippen molar-refractivity contribution >= 4 is 0 Å². The van der Waals surface area contributed by atoms with Crippen LogP contribution in [-0.2, 0) is 9.78 Å². The monoisotopic (exact) mass is 234 g/mol. The van der Waals surface area contributed by atoms with Gasteiger partial charge in [0.2, 0.25) is 0 Å². The highest BCUT2D eigenvalue weighted by atomic mass is 17.2. The summed E-state index contributed by atoms with van der Waals surface area (Å²) < 4.78 is 0. The number of aliphatic hydroxyl groups is 2. The second-order valence-corrected chi connectivity index (χ2v) is 6.31. The highest BCUT2D eigenvalue weighted by molar-refractivity contribution is 4.89. The van der Waals surface area contributed by atoms with E-state index in [1.54, 1.807) is 55.4 Å². The Morgan fingerprint density at radius 3 is 0.875 bits per heavy atom. The van der Waals surface area contributed by atoms with Gasteiger partial charge in [-0.25, -0.2) is 9.78 Å². The van der Waals surface area contributed by atoms with Gasteiger partial charge < -0.3 is 10.2 Å². The van der Waals surface area contributed by atoms with Gasteiger partial charge in [-0.2, -0.15) is 0 Å². The standard InChI is InChI=1S/C12H26O4/c1-9(2,13)11(5,6)15-16-12(7,8)10(3,4)14/h13-14H,1-8H3. The third-order valence-corrected chi connectivity index (χ3v) is 3.41. The summed E-state index contributed by atoms with van der Waals surface area (Å²) in [6, 6.07) is 0. The molecule has 0 aromatic heterocycles. The minimum Gasteiger partial charge on any atom is -0.387 e. The first kappa shape index (κ1) is 15.8. The second-order valence-electron chi connectivity index (χ2n) is 6.31. The highest BCUT2D eigenvalue weighted by Gasteiger charge is 2.43. The van der Waals surface area contributed by atoms with Crippen LogP contribution < -0.4 is 0 Å². The van der Waals surface area contributed by atoms with Crippen LogP contribution in [0.25, 0.3) is 0 Å². The molecule has 0 aliphatic heterocycles. The molecule has 0 saturated carbocycles. The first-order chi connectivity index (χ1) is 6.71. The van der Waals surface area contributed by atoms with Crippen molar-refractivity contribution in [1.29, 1.82) is 0 Å². The van der Waals surface area contributed by atoms with Crippen LogP contribution in [0.2, 0.25) is 0 Å². The lowest BCUT2D eigenvalue weighted by Gasteiger charge is -2.41. The molecule has 4 nitrogen and oxygen atoms in total. The van der Waals surface area contributed by atoms with E-state index in [2.05, 4.69) is 0 Å². The Bertz CT molecular complexity index is 204. The van der Waals surface area contributed by atoms with Crippen LogP contribution in [0.3, 0.4) is 0 Å². The Morgan fingerprint density at radius 2 is 0.750 bits per heavy atom. The summed E-state index contributed by atoms with van der Waals surface area (Å²) in [6.45, 7) is 13.5. The first-order valence-electron chi connectivity index (χ1n) is 5.52. The van der Waals surface area contributed by atoms with Crippen LogP contribution >= 0.6 is 0 Å². The molecule has 0 saturated heterocycles. The van der Waals surface area contributed by atoms with Crippen LogP contribution in [0.5, 0.6) is 0 Å². The number of rotatable bonds is 5. The zero-order chi connectivity index (χ0) is 13.4. The van der Waals surface area contributed by atoms with Gasteiger partial charge in [0.1, 0.15) is 11.2 Å². The van der Waals surface area contributed by atoms with Crippen molar-refractivity contribution in [3.8, 4) is 0 Å². The fourth-order valence-corrected chi connectivity index (χ4v) is 0.412. The predicted octanol–water partition coefficient (Wildman–Crippen LogP) is 2.03. The fourth-order valence-electron chi connectivity index (χ4n) is 0.412. The van der Waals surface area contributed by atoms with Crippen LogP contribution in [0.15, 0.2) is 0 Å². The van der Waals surface area contributed by atoms with Gasteiger partial charge in [0.05, 0.1) is 11.2 Å². The van der Waals surface area contributed by atoms with E-state index in [9.17, 15) is 10.2 Å². The van der Waals surface area contributed by atoms with E-state index >= 15 is 0 Å². The van der Waals surface area contributed by atoms with E-state index in [-0.39, 0.29) is 0 Å². The van der Waals surface area contributed by atoms with E-state index in [1.165, 1.54) is 0 Å². The van der Waals surface area contributed by atoms with Crippen LogP contribution in [0, 0.1) is 0 Å². The molecule has 0 spiro atoms. The maximum absolute atomic E-state index is 9.88. The van der Waals surface area contributed by atoms with Gasteiger partial charge in [-0.05, 0) is 55.4 Å². The summed E-state index contributed by atoms with van der Waals surface area (Å²) in [5.74, 6) is 0. The molecule has 0 heterocycles. The molecule has 16 heavy (non-hydrogen) atoms. The van der Waals surface area contributed by atoms with E-state index in [4.69, 9.17) is 9.78 Å². The molecule has 0 unspecified atom stereocenters. The number of hydrogen-bond acceptors (Lipinski definition) is 4. The molecule has 4 heteroatoms. The minimum atomic E-state index is -1.04. The molecule has 0 amide bonds. The SMILES string of the molecule is CC(C)(O)C(C)(C)OOC(C)(C)C(C)(C)O. The van der Waals surface area contributed by atoms with Crippen molar-refractivity contribution in [2.24, 2.45) is 0 Å². The largest absolute Gasteiger partial charge is 0.387 e. The molecule has 0 aromatic rings. The molecule has 0 radical (unpaired) electrons. The van der Waals surface area contributed by atoms with Gasteiger partial charge in [0, 0.05) is 0 Å². The topological polar surface area (TPSA) is 58.9 Å². The molecule has 0 aliphatic rings. The Balaban J connectivity index is 4.59. The van der Waals surface area contributed by atoms with E-state index in [0.717, 1.165) is 0 Å². The van der Waals surface area contributed by atoms with E-state index in [1.807, 2.05) is 0 Å². The van der Waals surface area contributed by atoms with Crippen LogP contribution in [0.4, 0.5) is 0 Å². The van der Waals surface area contributed by atoms with Gasteiger partial charge in [-0.15, -0.1) is 0 Å². The highest BCUT2D eigenvalue weighted by Crippen LogP contribution is 2.31. The zero-order valence-corrected chi connectivity index (χ0v) is 11.7. The fraction of sp³-hybridized carbons (Fsp3) is 1.00. The van der Waals surface area contributed by atoms with Crippen molar-refractivity contribution < 1.29 is 20.0 Å². The zero-order valence-electron chi connectivity index (χ0n) is 11.7. The van der Waals surface area contributed by atoms with Gasteiger partial charge in [-0.3, -0.25) is 0 Å². The molecule has 98 valence electrons. The smallest absolute Gasteiger partial charge is 0.126 e. The minimum absolute atomic E-state index is 0.866. The van der Waals surface area contributed by atoms with Crippen molar-refractivity contribution in [3.63, 3.8) is 0 Å². The molecule has 2 N–H and O–H groups in total. The second kappa shape index (κ2) is 4.26. The molecule has 0 aromatic carbocycles. The average molecular weight is 234 g/mol. The molecular weight excluding hydrogens is 208 g/mol. The van der Waals surface area contributed by atoms with Crippen LogP contribution in [0.1, 0.15) is 55.4 Å². The molecule has 0 rings (SSSR count). The van der Waals surface area contributed by atoms with Gasteiger partial charge in [0.15, 0.2) is 0 Å². The summed E-state index contributed by atoms with van der Waals surface area (Å²) in [5, 5.41) is 19.8. The van der Waals surface area contributed by atoms with Crippen molar-refractivity contribution in [1.82, 2.24) is 0 Å². The van der Waals surface area contributed by atoms with Crippen molar-refractivity contribution in [2.75, 3.05) is 0 Å². The van der Waals surface area contributed by atoms with Crippen molar-refractivity contribution in [2.45, 2.75) is 77.8 Å². The third kappa shape index (κ3) is 3.70. The van der Waals surface area contributed by atoms with Crippen LogP contribution in [-0.4, -0.2) is 32.6 Å². The third-order valence-electron chi connectivity index (χ3n) is 3.41. The van der Waals surface area contributed by atoms with Gasteiger partial charge in [-0.1, -0.05) is 0 Å². The van der Waals surface area contributed by atoms with Crippen molar-refractivity contribution in [3.05, 3.63) is 0 Å². The normalized spacial score (nSPS) is 15.4. The van der Waals surface area contributed by atoms with Gasteiger partial charge in [0.25, 0.3) is 0 Å². The Kier molecular flexibility index (Phi) is 4.21. The lowest BCUT2D eigenvalue weighted by molar-refractivity contribution is -0.439. The maximum Gasteiger partial charge on any atom is 0.126 e. The molecule has 0 atom stereocenters. The van der Waals surface area contributed by atoms with E-state index in [0.29, 0.717) is 0 Å². The number of hydrogen-bond donors (Lipinski definition) is 2. The Labute approximate surface area is 98.5 Å². The molecule has 0 fully saturated rings. The summed E-state index contributed by atoms with van der Waals surface area (Å²) in [4.78, 5) is 10.6. The summed E-state index contributed by atoms with van der Waals surface area (Å²) in [6.07, 6.45) is 0. The predicted molar refractivity (Wildman–Crippen MR) is 62.9 cm³/mol. The maximum atomic E-state index is 9.88. The molecule has 0 bridgehead atoms. The molecule has 0 aliphatic carbocycles. The summed E-state index contributed by atoms with van der Waals surface area (Å²) in [7, 11) is 0. The van der Waals surface area contributed by atoms with Gasteiger partial charge >= 0.3 is 0 Å². The quantitative estimate of drug-likeness (QED) is 0.564. The van der Waals surface area contributed by atoms with E-state index < -0.39 is 22.4 Å². The lowest BCUT2D eigenvalue weighted by atomic mass is 9.89. The Morgan fingerprint density at radius 1 is 0.562 bits per heavy atom. The summed E-state index contributed by atoms with van der Waals surface area (Å²) in [5.41, 5.74) is -3.81. The lowest BCUT2D eigenvalue weighted by Crippen LogP contribution is -2.53. The average Bonchev–Trinajstić information content (AvgIpc) is 1.97. The Hall–Kier alpha value is -0.160. The summed E-state index contributed by atoms with van der Waals surface area (Å²) >= 11 is 0. The first-order valence-corrected chi connectivity index (χ1v) is 5.52.